The van der Waals surface area contributed by atoms with Crippen molar-refractivity contribution in [2.75, 3.05) is 13.7 Å². The molecule has 0 aliphatic rings. The number of ether oxygens (including phenoxy) is 2. The van der Waals surface area contributed by atoms with Gasteiger partial charge in [-0.2, -0.15) is 0 Å². The second-order valence-corrected chi connectivity index (χ2v) is 5.78. The van der Waals surface area contributed by atoms with Crippen molar-refractivity contribution in [1.29, 1.82) is 0 Å². The second-order valence-electron chi connectivity index (χ2n) is 4.87. The van der Waals surface area contributed by atoms with E-state index >= 15 is 0 Å². The molecule has 6 heteroatoms. The van der Waals surface area contributed by atoms with Crippen molar-refractivity contribution in [3.63, 3.8) is 0 Å². The maximum atomic E-state index is 12.4. The first-order valence-corrected chi connectivity index (χ1v) is 7.86. The fraction of sp³-hybridized carbons (Fsp3) is 0.111. The van der Waals surface area contributed by atoms with Crippen LogP contribution in [0.5, 0.6) is 11.5 Å². The monoisotopic (exact) mass is 389 g/mol. The number of amides is 1. The van der Waals surface area contributed by atoms with Gasteiger partial charge in [0, 0.05) is 4.47 Å². The van der Waals surface area contributed by atoms with Gasteiger partial charge in [-0.05, 0) is 42.0 Å². The van der Waals surface area contributed by atoms with Crippen LogP contribution in [-0.2, 0) is 4.79 Å². The molecule has 2 N–H and O–H groups in total. The van der Waals surface area contributed by atoms with Gasteiger partial charge in [0.2, 0.25) is 0 Å². The van der Waals surface area contributed by atoms with E-state index in [0.29, 0.717) is 11.3 Å². The van der Waals surface area contributed by atoms with Crippen LogP contribution in [0.1, 0.15) is 15.9 Å². The fourth-order valence-corrected chi connectivity index (χ4v) is 2.31. The number of ketones is 1. The molecule has 2 aromatic rings. The van der Waals surface area contributed by atoms with Crippen molar-refractivity contribution >= 4 is 33.7 Å². The van der Waals surface area contributed by atoms with Crippen LogP contribution in [-0.4, -0.2) is 25.4 Å². The number of methoxy groups -OCH3 is 1. The average molecular weight is 390 g/mol. The molecule has 2 aromatic carbocycles. The average Bonchev–Trinajstić information content (AvgIpc) is 2.58. The number of benzene rings is 2. The number of hydrogen-bond acceptors (Lipinski definition) is 4. The van der Waals surface area contributed by atoms with Gasteiger partial charge in [0.25, 0.3) is 5.91 Å². The number of primary amides is 1. The molecule has 0 fully saturated rings. The second kappa shape index (κ2) is 8.31. The van der Waals surface area contributed by atoms with E-state index in [2.05, 4.69) is 15.9 Å². The van der Waals surface area contributed by atoms with Gasteiger partial charge in [-0.15, -0.1) is 0 Å². The molecule has 0 aliphatic carbocycles. The van der Waals surface area contributed by atoms with Crippen molar-refractivity contribution in [2.24, 2.45) is 5.73 Å². The first kappa shape index (κ1) is 17.7. The maximum absolute atomic E-state index is 12.4. The Morgan fingerprint density at radius 2 is 1.88 bits per heavy atom. The van der Waals surface area contributed by atoms with E-state index < -0.39 is 5.91 Å². The highest BCUT2D eigenvalue weighted by Gasteiger charge is 2.12. The molecule has 0 bridgehead atoms. The number of hydrogen-bond donors (Lipinski definition) is 1. The molecule has 0 heterocycles. The molecular formula is C18H16BrNO4. The first-order valence-electron chi connectivity index (χ1n) is 7.06. The van der Waals surface area contributed by atoms with Crippen LogP contribution in [0, 0.1) is 0 Å². The lowest BCUT2D eigenvalue weighted by Crippen LogP contribution is -2.20. The zero-order valence-electron chi connectivity index (χ0n) is 13.0. The molecule has 0 aromatic heterocycles. The smallest absolute Gasteiger partial charge is 0.255 e. The molecule has 1 amide bonds. The summed E-state index contributed by atoms with van der Waals surface area (Å²) in [5.41, 5.74) is 6.28. The van der Waals surface area contributed by atoms with Crippen LogP contribution < -0.4 is 15.2 Å². The van der Waals surface area contributed by atoms with Crippen LogP contribution in [0.3, 0.4) is 0 Å². The highest BCUT2D eigenvalue weighted by molar-refractivity contribution is 9.10. The summed E-state index contributed by atoms with van der Waals surface area (Å²) < 4.78 is 11.1. The predicted octanol–water partition coefficient (Wildman–Crippen LogP) is 3.22. The summed E-state index contributed by atoms with van der Waals surface area (Å²) in [5.74, 6) is 0.200. The van der Waals surface area contributed by atoms with Gasteiger partial charge in [-0.3, -0.25) is 9.59 Å². The van der Waals surface area contributed by atoms with E-state index in [1.54, 1.807) is 31.4 Å². The summed E-state index contributed by atoms with van der Waals surface area (Å²) in [6, 6.07) is 12.3. The lowest BCUT2D eigenvalue weighted by Gasteiger charge is -2.08. The zero-order valence-corrected chi connectivity index (χ0v) is 14.6. The third kappa shape index (κ3) is 4.96. The van der Waals surface area contributed by atoms with Crippen LogP contribution in [0.25, 0.3) is 6.08 Å². The van der Waals surface area contributed by atoms with E-state index in [4.69, 9.17) is 15.2 Å². The molecule has 5 nitrogen and oxygen atoms in total. The highest BCUT2D eigenvalue weighted by atomic mass is 79.9. The summed E-state index contributed by atoms with van der Waals surface area (Å²) in [6.45, 7) is -0.288. The van der Waals surface area contributed by atoms with Crippen molar-refractivity contribution < 1.29 is 19.1 Å². The summed E-state index contributed by atoms with van der Waals surface area (Å²) >= 11 is 3.32. The lowest BCUT2D eigenvalue weighted by molar-refractivity contribution is -0.119. The Morgan fingerprint density at radius 3 is 2.50 bits per heavy atom. The number of halogens is 1. The number of nitrogens with two attached hydrogens (primary N) is 1. The minimum absolute atomic E-state index is 0.244. The molecule has 0 unspecified atom stereocenters. The van der Waals surface area contributed by atoms with Crippen LogP contribution in [0.15, 0.2) is 53.0 Å². The largest absolute Gasteiger partial charge is 0.497 e. The van der Waals surface area contributed by atoms with Gasteiger partial charge in [-0.25, -0.2) is 0 Å². The summed E-state index contributed by atoms with van der Waals surface area (Å²) in [4.78, 5) is 23.3. The Morgan fingerprint density at radius 1 is 1.17 bits per heavy atom. The third-order valence-corrected chi connectivity index (χ3v) is 3.61. The molecule has 124 valence electrons. The summed E-state index contributed by atoms with van der Waals surface area (Å²) in [6.07, 6.45) is 3.14. The van der Waals surface area contributed by atoms with Crippen LogP contribution >= 0.6 is 15.9 Å². The van der Waals surface area contributed by atoms with Crippen molar-refractivity contribution in [3.05, 3.63) is 64.1 Å². The number of carbonyl (C=O) groups is 2. The zero-order chi connectivity index (χ0) is 17.5. The minimum atomic E-state index is -0.606. The van der Waals surface area contributed by atoms with Gasteiger partial charge < -0.3 is 15.2 Å². The normalized spacial score (nSPS) is 10.6. The van der Waals surface area contributed by atoms with Gasteiger partial charge in [0.05, 0.1) is 12.7 Å². The Labute approximate surface area is 148 Å². The Bertz CT molecular complexity index is 769. The van der Waals surface area contributed by atoms with E-state index in [-0.39, 0.29) is 12.4 Å². The molecule has 24 heavy (non-hydrogen) atoms. The van der Waals surface area contributed by atoms with Crippen LogP contribution in [0.2, 0.25) is 0 Å². The van der Waals surface area contributed by atoms with Gasteiger partial charge in [0.1, 0.15) is 11.5 Å². The molecule has 2 rings (SSSR count). The Balaban J connectivity index is 2.19. The van der Waals surface area contributed by atoms with E-state index in [1.165, 1.54) is 6.08 Å². The quantitative estimate of drug-likeness (QED) is 0.582. The van der Waals surface area contributed by atoms with Crippen LogP contribution in [0.4, 0.5) is 0 Å². The Kier molecular flexibility index (Phi) is 6.14. The van der Waals surface area contributed by atoms with Crippen molar-refractivity contribution in [1.82, 2.24) is 0 Å². The SMILES string of the molecule is COc1ccc(/C=C/C(=O)c2cc(Br)ccc2OCC(N)=O)cc1. The molecular weight excluding hydrogens is 374 g/mol. The number of allylic oxidation sites excluding steroid dienone is 1. The standard InChI is InChI=1S/C18H16BrNO4/c1-23-14-6-2-12(3-7-14)4-8-16(21)15-10-13(19)5-9-17(15)24-11-18(20)22/h2-10H,11H2,1H3,(H2,20,22)/b8-4+. The first-order chi connectivity index (χ1) is 11.5. The fourth-order valence-electron chi connectivity index (χ4n) is 1.95. The molecule has 0 aliphatic heterocycles. The maximum Gasteiger partial charge on any atom is 0.255 e. The highest BCUT2D eigenvalue weighted by Crippen LogP contribution is 2.24. The molecule has 0 saturated carbocycles. The lowest BCUT2D eigenvalue weighted by atomic mass is 10.1. The number of carbonyl (C=O) groups excluding carboxylic acids is 2. The topological polar surface area (TPSA) is 78.6 Å². The molecule has 0 atom stereocenters. The van der Waals surface area contributed by atoms with E-state index in [1.807, 2.05) is 24.3 Å². The van der Waals surface area contributed by atoms with Gasteiger partial charge in [-0.1, -0.05) is 34.1 Å². The van der Waals surface area contributed by atoms with E-state index in [0.717, 1.165) is 15.8 Å². The van der Waals surface area contributed by atoms with Gasteiger partial charge in [0.15, 0.2) is 12.4 Å². The summed E-state index contributed by atoms with van der Waals surface area (Å²) in [5, 5.41) is 0. The van der Waals surface area contributed by atoms with Crippen molar-refractivity contribution in [3.8, 4) is 11.5 Å². The third-order valence-electron chi connectivity index (χ3n) is 3.12. The Hall–Kier alpha value is -2.60. The van der Waals surface area contributed by atoms with Gasteiger partial charge >= 0.3 is 0 Å². The minimum Gasteiger partial charge on any atom is -0.497 e. The summed E-state index contributed by atoms with van der Waals surface area (Å²) in [7, 11) is 1.59. The predicted molar refractivity (Wildman–Crippen MR) is 95.2 cm³/mol. The molecule has 0 radical (unpaired) electrons. The number of rotatable bonds is 7. The molecule has 0 spiro atoms. The molecule has 0 saturated heterocycles. The van der Waals surface area contributed by atoms with E-state index in [9.17, 15) is 9.59 Å². The van der Waals surface area contributed by atoms with Crippen molar-refractivity contribution in [2.45, 2.75) is 0 Å².